The summed E-state index contributed by atoms with van der Waals surface area (Å²) in [6.07, 6.45) is 0. The van der Waals surface area contributed by atoms with Gasteiger partial charge >= 0.3 is 0 Å². The van der Waals surface area contributed by atoms with E-state index in [0.29, 0.717) is 5.56 Å². The highest BCUT2D eigenvalue weighted by Crippen LogP contribution is 2.30. The van der Waals surface area contributed by atoms with Crippen LogP contribution in [0.2, 0.25) is 5.02 Å². The van der Waals surface area contributed by atoms with Crippen LogP contribution in [0, 0.1) is 6.92 Å². The Bertz CT molecular complexity index is 878. The van der Waals surface area contributed by atoms with E-state index in [0.717, 1.165) is 9.87 Å². The van der Waals surface area contributed by atoms with E-state index in [9.17, 15) is 13.2 Å². The fourth-order valence-corrected chi connectivity index (χ4v) is 4.08. The molecule has 0 heterocycles. The predicted molar refractivity (Wildman–Crippen MR) is 97.9 cm³/mol. The number of ether oxygens (including phenoxy) is 1. The first-order valence-electron chi connectivity index (χ1n) is 7.61. The van der Waals surface area contributed by atoms with Crippen molar-refractivity contribution in [3.05, 3.63) is 58.6 Å². The predicted octanol–water partition coefficient (Wildman–Crippen LogP) is 3.55. The minimum atomic E-state index is -3.96. The lowest BCUT2D eigenvalue weighted by Crippen LogP contribution is -2.40. The van der Waals surface area contributed by atoms with Crippen molar-refractivity contribution in [1.29, 1.82) is 0 Å². The molecule has 0 saturated heterocycles. The van der Waals surface area contributed by atoms with E-state index < -0.39 is 16.1 Å². The van der Waals surface area contributed by atoms with Gasteiger partial charge in [-0.15, -0.1) is 0 Å². The van der Waals surface area contributed by atoms with Crippen molar-refractivity contribution in [2.75, 3.05) is 14.2 Å². The maximum Gasteiger partial charge on any atom is 0.247 e. The van der Waals surface area contributed by atoms with Crippen LogP contribution in [0.3, 0.4) is 0 Å². The molecule has 0 aliphatic carbocycles. The highest BCUT2D eigenvalue weighted by molar-refractivity contribution is 7.89. The molecule has 0 radical (unpaired) electrons. The molecular formula is C18H20ClNO4S. The minimum Gasteiger partial charge on any atom is -0.495 e. The van der Waals surface area contributed by atoms with Gasteiger partial charge < -0.3 is 4.74 Å². The number of halogens is 1. The Hall–Kier alpha value is -1.89. The van der Waals surface area contributed by atoms with Crippen LogP contribution in [-0.2, 0) is 10.0 Å². The Labute approximate surface area is 153 Å². The van der Waals surface area contributed by atoms with E-state index in [1.165, 1.54) is 26.3 Å². The number of carbonyl (C=O) groups excluding carboxylic acids is 1. The molecule has 0 saturated carbocycles. The number of hydrogen-bond donors (Lipinski definition) is 0. The molecule has 0 fully saturated rings. The zero-order chi connectivity index (χ0) is 18.8. The number of benzene rings is 2. The maximum atomic E-state index is 12.9. The summed E-state index contributed by atoms with van der Waals surface area (Å²) in [5.74, 6) is -0.113. The van der Waals surface area contributed by atoms with Crippen molar-refractivity contribution in [3.63, 3.8) is 0 Å². The van der Waals surface area contributed by atoms with Crippen LogP contribution < -0.4 is 4.74 Å². The van der Waals surface area contributed by atoms with Gasteiger partial charge in [0, 0.05) is 17.6 Å². The third-order valence-corrected chi connectivity index (χ3v) is 6.23. The fraction of sp³-hybridized carbons (Fsp3) is 0.278. The average molecular weight is 382 g/mol. The van der Waals surface area contributed by atoms with Crippen LogP contribution >= 0.6 is 11.6 Å². The average Bonchev–Trinajstić information content (AvgIpc) is 2.60. The first-order valence-corrected chi connectivity index (χ1v) is 9.42. The van der Waals surface area contributed by atoms with Crippen LogP contribution in [0.25, 0.3) is 0 Å². The number of carbonyl (C=O) groups is 1. The lowest BCUT2D eigenvalue weighted by Gasteiger charge is -2.24. The second kappa shape index (κ2) is 7.56. The quantitative estimate of drug-likeness (QED) is 0.718. The molecule has 2 aromatic rings. The zero-order valence-electron chi connectivity index (χ0n) is 14.5. The van der Waals surface area contributed by atoms with Crippen molar-refractivity contribution in [1.82, 2.24) is 4.31 Å². The van der Waals surface area contributed by atoms with Gasteiger partial charge in [0.05, 0.1) is 13.2 Å². The van der Waals surface area contributed by atoms with Gasteiger partial charge in [-0.1, -0.05) is 41.4 Å². The van der Waals surface area contributed by atoms with Gasteiger partial charge in [0.1, 0.15) is 10.6 Å². The third-order valence-electron chi connectivity index (χ3n) is 4.04. The first kappa shape index (κ1) is 19.4. The van der Waals surface area contributed by atoms with Crippen molar-refractivity contribution in [2.45, 2.75) is 24.8 Å². The van der Waals surface area contributed by atoms with Gasteiger partial charge in [-0.25, -0.2) is 8.42 Å². The molecule has 25 heavy (non-hydrogen) atoms. The van der Waals surface area contributed by atoms with E-state index in [1.54, 1.807) is 25.1 Å². The molecule has 2 aromatic carbocycles. The Kier molecular flexibility index (Phi) is 5.87. The van der Waals surface area contributed by atoms with Crippen molar-refractivity contribution in [2.24, 2.45) is 0 Å². The first-order chi connectivity index (χ1) is 11.7. The van der Waals surface area contributed by atoms with E-state index >= 15 is 0 Å². The topological polar surface area (TPSA) is 63.7 Å². The van der Waals surface area contributed by atoms with Crippen LogP contribution in [0.1, 0.15) is 22.8 Å². The Balaban J connectivity index is 2.37. The van der Waals surface area contributed by atoms with E-state index in [2.05, 4.69) is 0 Å². The highest BCUT2D eigenvalue weighted by Gasteiger charge is 2.32. The van der Waals surface area contributed by atoms with Gasteiger partial charge in [0.15, 0.2) is 5.78 Å². The molecular weight excluding hydrogens is 362 g/mol. The lowest BCUT2D eigenvalue weighted by molar-refractivity contribution is 0.0919. The van der Waals surface area contributed by atoms with Gasteiger partial charge in [0.2, 0.25) is 10.0 Å². The van der Waals surface area contributed by atoms with E-state index in [-0.39, 0.29) is 21.5 Å². The number of Topliss-reactive ketones (excluding diaryl/α,β-unsaturated/α-hetero) is 1. The van der Waals surface area contributed by atoms with Gasteiger partial charge in [-0.3, -0.25) is 4.79 Å². The summed E-state index contributed by atoms with van der Waals surface area (Å²) in [6.45, 7) is 3.47. The third kappa shape index (κ3) is 4.03. The number of likely N-dealkylation sites (N-methyl/N-ethyl adjacent to an activating group) is 1. The summed E-state index contributed by atoms with van der Waals surface area (Å²) >= 11 is 5.93. The molecule has 0 aliphatic heterocycles. The van der Waals surface area contributed by atoms with E-state index in [4.69, 9.17) is 16.3 Å². The van der Waals surface area contributed by atoms with Crippen LogP contribution in [0.5, 0.6) is 5.75 Å². The number of nitrogens with zero attached hydrogens (tertiary/aromatic N) is 1. The van der Waals surface area contributed by atoms with Crippen molar-refractivity contribution < 1.29 is 17.9 Å². The van der Waals surface area contributed by atoms with Crippen LogP contribution in [-0.4, -0.2) is 38.7 Å². The van der Waals surface area contributed by atoms with Gasteiger partial charge in [-0.05, 0) is 32.0 Å². The molecule has 0 N–H and O–H groups in total. The highest BCUT2D eigenvalue weighted by atomic mass is 35.5. The second-order valence-corrected chi connectivity index (χ2v) is 8.13. The smallest absolute Gasteiger partial charge is 0.247 e. The Morgan fingerprint density at radius 3 is 2.32 bits per heavy atom. The summed E-state index contributed by atoms with van der Waals surface area (Å²) in [5.41, 5.74) is 1.48. The summed E-state index contributed by atoms with van der Waals surface area (Å²) in [4.78, 5) is 12.6. The monoisotopic (exact) mass is 381 g/mol. The SMILES string of the molecule is COc1ccc(Cl)cc1S(=O)(=O)N(C)C(C)C(=O)c1ccc(C)cc1. The number of sulfonamides is 1. The van der Waals surface area contributed by atoms with Crippen molar-refractivity contribution >= 4 is 27.4 Å². The summed E-state index contributed by atoms with van der Waals surface area (Å²) in [6, 6.07) is 10.5. The standard InChI is InChI=1S/C18H20ClNO4S/c1-12-5-7-14(8-6-12)18(21)13(2)20(3)25(22,23)17-11-15(19)9-10-16(17)24-4/h5-11,13H,1-4H3. The molecule has 2 rings (SSSR count). The second-order valence-electron chi connectivity index (χ2n) is 5.72. The van der Waals surface area contributed by atoms with Crippen molar-refractivity contribution in [3.8, 4) is 5.75 Å². The molecule has 0 bridgehead atoms. The lowest BCUT2D eigenvalue weighted by atomic mass is 10.0. The normalized spacial score (nSPS) is 12.9. The molecule has 7 heteroatoms. The summed E-state index contributed by atoms with van der Waals surface area (Å²) in [7, 11) is -1.22. The number of hydrogen-bond acceptors (Lipinski definition) is 4. The molecule has 0 aliphatic rings. The largest absolute Gasteiger partial charge is 0.495 e. The number of ketones is 1. The number of rotatable bonds is 6. The maximum absolute atomic E-state index is 12.9. The van der Waals surface area contributed by atoms with Gasteiger partial charge in [0.25, 0.3) is 0 Å². The minimum absolute atomic E-state index is 0.0754. The molecule has 5 nitrogen and oxygen atoms in total. The molecule has 0 spiro atoms. The fourth-order valence-electron chi connectivity index (χ4n) is 2.34. The molecule has 134 valence electrons. The number of methoxy groups -OCH3 is 1. The zero-order valence-corrected chi connectivity index (χ0v) is 16.1. The summed E-state index contributed by atoms with van der Waals surface area (Å²) < 4.78 is 32.0. The Morgan fingerprint density at radius 2 is 1.76 bits per heavy atom. The molecule has 0 amide bonds. The molecule has 0 aromatic heterocycles. The van der Waals surface area contributed by atoms with E-state index in [1.807, 2.05) is 19.1 Å². The van der Waals surface area contributed by atoms with Crippen LogP contribution in [0.4, 0.5) is 0 Å². The Morgan fingerprint density at radius 1 is 1.16 bits per heavy atom. The summed E-state index contributed by atoms with van der Waals surface area (Å²) in [5, 5.41) is 0.269. The molecule has 1 atom stereocenters. The van der Waals surface area contributed by atoms with Gasteiger partial charge in [-0.2, -0.15) is 4.31 Å². The molecule has 1 unspecified atom stereocenters. The van der Waals surface area contributed by atoms with Crippen LogP contribution in [0.15, 0.2) is 47.4 Å². The number of aryl methyl sites for hydroxylation is 1.